The normalized spacial score (nSPS) is 16.6. The molecule has 6 nitrogen and oxygen atoms in total. The molecule has 1 amide bonds. The minimum atomic E-state index is -3.61. The van der Waals surface area contributed by atoms with Crippen molar-refractivity contribution in [2.45, 2.75) is 36.8 Å². The van der Waals surface area contributed by atoms with E-state index in [4.69, 9.17) is 11.6 Å². The standard InChI is InChI=1S/C14H16ClN3O3S/c1-9(14(19)17-11-3-4-11)22(20,21)8-12-7-18-6-10(15)2-5-13(18)16-12/h2,5-7,9,11H,3-4,8H2,1H3,(H,17,19). The molecule has 1 unspecified atom stereocenters. The van der Waals surface area contributed by atoms with E-state index in [9.17, 15) is 13.2 Å². The molecule has 1 saturated carbocycles. The first kappa shape index (κ1) is 15.3. The van der Waals surface area contributed by atoms with Crippen LogP contribution in [0.25, 0.3) is 5.65 Å². The smallest absolute Gasteiger partial charge is 0.238 e. The third-order valence-corrected chi connectivity index (χ3v) is 5.86. The molecule has 0 spiro atoms. The number of aromatic nitrogens is 2. The fraction of sp³-hybridized carbons (Fsp3) is 0.429. The fourth-order valence-corrected chi connectivity index (χ4v) is 3.49. The topological polar surface area (TPSA) is 80.5 Å². The lowest BCUT2D eigenvalue weighted by molar-refractivity contribution is -0.120. The average Bonchev–Trinajstić information content (AvgIpc) is 3.16. The minimum Gasteiger partial charge on any atom is -0.352 e. The van der Waals surface area contributed by atoms with Crippen molar-refractivity contribution in [1.29, 1.82) is 0 Å². The fourth-order valence-electron chi connectivity index (χ4n) is 2.13. The third-order valence-electron chi connectivity index (χ3n) is 3.65. The molecule has 0 bridgehead atoms. The summed E-state index contributed by atoms with van der Waals surface area (Å²) < 4.78 is 26.4. The molecule has 2 heterocycles. The number of nitrogens with zero attached hydrogens (tertiary/aromatic N) is 2. The summed E-state index contributed by atoms with van der Waals surface area (Å²) >= 11 is 5.89. The largest absolute Gasteiger partial charge is 0.352 e. The Bertz CT molecular complexity index is 827. The van der Waals surface area contributed by atoms with Crippen LogP contribution < -0.4 is 5.32 Å². The summed E-state index contributed by atoms with van der Waals surface area (Å²) in [6.07, 6.45) is 5.12. The van der Waals surface area contributed by atoms with Crippen LogP contribution in [0.2, 0.25) is 5.02 Å². The second-order valence-electron chi connectivity index (χ2n) is 5.58. The molecule has 2 aromatic heterocycles. The van der Waals surface area contributed by atoms with Crippen molar-refractivity contribution in [3.8, 4) is 0 Å². The highest BCUT2D eigenvalue weighted by Gasteiger charge is 2.32. The first-order chi connectivity index (χ1) is 10.3. The Morgan fingerprint density at radius 3 is 2.86 bits per heavy atom. The average molecular weight is 342 g/mol. The van der Waals surface area contributed by atoms with Crippen molar-refractivity contribution >= 4 is 33.0 Å². The lowest BCUT2D eigenvalue weighted by Crippen LogP contribution is -2.39. The first-order valence-corrected chi connectivity index (χ1v) is 9.09. The number of amides is 1. The van der Waals surface area contributed by atoms with Crippen molar-refractivity contribution < 1.29 is 13.2 Å². The molecule has 118 valence electrons. The van der Waals surface area contributed by atoms with Gasteiger partial charge in [0, 0.05) is 18.4 Å². The number of halogens is 1. The summed E-state index contributed by atoms with van der Waals surface area (Å²) in [7, 11) is -3.61. The Hall–Kier alpha value is -1.60. The van der Waals surface area contributed by atoms with Gasteiger partial charge in [-0.1, -0.05) is 11.6 Å². The summed E-state index contributed by atoms with van der Waals surface area (Å²) in [6.45, 7) is 1.42. The summed E-state index contributed by atoms with van der Waals surface area (Å²) in [6, 6.07) is 3.54. The highest BCUT2D eigenvalue weighted by Crippen LogP contribution is 2.20. The highest BCUT2D eigenvalue weighted by molar-refractivity contribution is 7.92. The Balaban J connectivity index is 1.77. The number of fused-ring (bicyclic) bond motifs is 1. The Morgan fingerprint density at radius 1 is 1.45 bits per heavy atom. The maximum absolute atomic E-state index is 12.4. The molecule has 22 heavy (non-hydrogen) atoms. The molecule has 0 aliphatic heterocycles. The van der Waals surface area contributed by atoms with Crippen LogP contribution in [0.1, 0.15) is 25.5 Å². The molecule has 8 heteroatoms. The Morgan fingerprint density at radius 2 is 2.18 bits per heavy atom. The predicted octanol–water partition coefficient (Wildman–Crippen LogP) is 1.57. The number of nitrogens with one attached hydrogen (secondary N) is 1. The van der Waals surface area contributed by atoms with Gasteiger partial charge in [0.15, 0.2) is 9.84 Å². The Kier molecular flexibility index (Phi) is 3.86. The van der Waals surface area contributed by atoms with E-state index >= 15 is 0 Å². The van der Waals surface area contributed by atoms with Gasteiger partial charge in [-0.15, -0.1) is 0 Å². The van der Waals surface area contributed by atoms with Gasteiger partial charge in [-0.3, -0.25) is 4.79 Å². The molecule has 1 aliphatic carbocycles. The zero-order valence-electron chi connectivity index (χ0n) is 12.0. The van der Waals surface area contributed by atoms with Crippen molar-refractivity contribution in [2.24, 2.45) is 0 Å². The van der Waals surface area contributed by atoms with Crippen LogP contribution in [0, 0.1) is 0 Å². The van der Waals surface area contributed by atoms with Gasteiger partial charge in [-0.25, -0.2) is 13.4 Å². The minimum absolute atomic E-state index is 0.141. The maximum Gasteiger partial charge on any atom is 0.238 e. The zero-order chi connectivity index (χ0) is 15.9. The van der Waals surface area contributed by atoms with Gasteiger partial charge in [0.05, 0.1) is 16.5 Å². The van der Waals surface area contributed by atoms with Crippen molar-refractivity contribution in [3.05, 3.63) is 35.2 Å². The number of rotatable bonds is 5. The van der Waals surface area contributed by atoms with E-state index in [0.29, 0.717) is 16.4 Å². The number of carbonyl (C=O) groups is 1. The molecule has 3 rings (SSSR count). The number of pyridine rings is 1. The SMILES string of the molecule is CC(C(=O)NC1CC1)S(=O)(=O)Cc1cn2cc(Cl)ccc2n1. The molecular weight excluding hydrogens is 326 g/mol. The van der Waals surface area contributed by atoms with E-state index in [1.807, 2.05) is 0 Å². The van der Waals surface area contributed by atoms with Gasteiger partial charge < -0.3 is 9.72 Å². The van der Waals surface area contributed by atoms with Crippen molar-refractivity contribution in [3.63, 3.8) is 0 Å². The summed E-state index contributed by atoms with van der Waals surface area (Å²) in [5.41, 5.74) is 1.01. The quantitative estimate of drug-likeness (QED) is 0.895. The van der Waals surface area contributed by atoms with Crippen molar-refractivity contribution in [1.82, 2.24) is 14.7 Å². The van der Waals surface area contributed by atoms with E-state index in [1.165, 1.54) is 6.92 Å². The van der Waals surface area contributed by atoms with Gasteiger partial charge in [-0.2, -0.15) is 0 Å². The summed E-state index contributed by atoms with van der Waals surface area (Å²) in [4.78, 5) is 16.2. The van der Waals surface area contributed by atoms with Crippen molar-refractivity contribution in [2.75, 3.05) is 0 Å². The van der Waals surface area contributed by atoms with Crippen LogP contribution in [-0.2, 0) is 20.4 Å². The molecule has 1 fully saturated rings. The van der Waals surface area contributed by atoms with Crippen LogP contribution in [-0.4, -0.2) is 35.0 Å². The molecule has 1 N–H and O–H groups in total. The third kappa shape index (κ3) is 3.25. The van der Waals surface area contributed by atoms with Crippen LogP contribution in [0.4, 0.5) is 0 Å². The van der Waals surface area contributed by atoms with Gasteiger partial charge in [0.2, 0.25) is 5.91 Å². The van der Waals surface area contributed by atoms with Gasteiger partial charge in [0.1, 0.15) is 10.9 Å². The lowest BCUT2D eigenvalue weighted by Gasteiger charge is -2.11. The second kappa shape index (κ2) is 5.55. The number of sulfone groups is 1. The maximum atomic E-state index is 12.4. The Labute approximate surface area is 133 Å². The molecule has 2 aromatic rings. The molecule has 1 atom stereocenters. The van der Waals surface area contributed by atoms with E-state index in [-0.39, 0.29) is 11.8 Å². The summed E-state index contributed by atoms with van der Waals surface area (Å²) in [5.74, 6) is -0.708. The number of imidazole rings is 1. The van der Waals surface area contributed by atoms with E-state index in [1.54, 1.807) is 28.9 Å². The van der Waals surface area contributed by atoms with E-state index in [2.05, 4.69) is 10.3 Å². The highest BCUT2D eigenvalue weighted by atomic mass is 35.5. The lowest BCUT2D eigenvalue weighted by atomic mass is 10.4. The van der Waals surface area contributed by atoms with Gasteiger partial charge in [0.25, 0.3) is 0 Å². The van der Waals surface area contributed by atoms with Crippen LogP contribution in [0.3, 0.4) is 0 Å². The van der Waals surface area contributed by atoms with Gasteiger partial charge in [-0.05, 0) is 31.9 Å². The summed E-state index contributed by atoms with van der Waals surface area (Å²) in [5, 5.41) is 2.17. The van der Waals surface area contributed by atoms with Crippen LogP contribution >= 0.6 is 11.6 Å². The molecule has 1 aliphatic rings. The first-order valence-electron chi connectivity index (χ1n) is 7.00. The second-order valence-corrected chi connectivity index (χ2v) is 8.34. The van der Waals surface area contributed by atoms with E-state index in [0.717, 1.165) is 12.8 Å². The molecular formula is C14H16ClN3O3S. The predicted molar refractivity (Wildman–Crippen MR) is 83.5 cm³/mol. The van der Waals surface area contributed by atoms with Crippen LogP contribution in [0.5, 0.6) is 0 Å². The zero-order valence-corrected chi connectivity index (χ0v) is 13.6. The van der Waals surface area contributed by atoms with Crippen LogP contribution in [0.15, 0.2) is 24.5 Å². The van der Waals surface area contributed by atoms with E-state index < -0.39 is 21.0 Å². The molecule has 0 saturated heterocycles. The number of hydrogen-bond acceptors (Lipinski definition) is 4. The number of hydrogen-bond donors (Lipinski definition) is 1. The van der Waals surface area contributed by atoms with Gasteiger partial charge >= 0.3 is 0 Å². The monoisotopic (exact) mass is 341 g/mol. The molecule has 0 radical (unpaired) electrons. The molecule has 0 aromatic carbocycles. The number of carbonyl (C=O) groups excluding carboxylic acids is 1.